The quantitative estimate of drug-likeness (QED) is 0.835. The van der Waals surface area contributed by atoms with Gasteiger partial charge in [-0.05, 0) is 51.0 Å². The molecular weight excluding hydrogens is 258 g/mol. The normalized spacial score (nSPS) is 11.0. The van der Waals surface area contributed by atoms with Crippen molar-refractivity contribution >= 4 is 11.9 Å². The van der Waals surface area contributed by atoms with Gasteiger partial charge in [-0.15, -0.1) is 0 Å². The molecule has 0 aliphatic rings. The predicted molar refractivity (Wildman–Crippen MR) is 75.9 cm³/mol. The van der Waals surface area contributed by atoms with Gasteiger partial charge in [0.2, 0.25) is 0 Å². The standard InChI is InChI=1S/C15H21NO4/c1-10-5-11(2)7-12(6-10)20-9-13(17)16-15(3,4)8-14(18)19/h5-7H,8-9H2,1-4H3,(H,16,17)(H,18,19). The molecule has 110 valence electrons. The minimum atomic E-state index is -0.953. The Labute approximate surface area is 118 Å². The Bertz CT molecular complexity index is 488. The maximum atomic E-state index is 11.8. The van der Waals surface area contributed by atoms with Crippen molar-refractivity contribution in [3.05, 3.63) is 29.3 Å². The van der Waals surface area contributed by atoms with Crippen LogP contribution in [0.2, 0.25) is 0 Å². The molecule has 0 saturated carbocycles. The topological polar surface area (TPSA) is 75.6 Å². The maximum absolute atomic E-state index is 11.8. The van der Waals surface area contributed by atoms with E-state index in [9.17, 15) is 9.59 Å². The second kappa shape index (κ2) is 6.41. The Balaban J connectivity index is 2.53. The van der Waals surface area contributed by atoms with Crippen molar-refractivity contribution < 1.29 is 19.4 Å². The van der Waals surface area contributed by atoms with Crippen molar-refractivity contribution in [3.63, 3.8) is 0 Å². The van der Waals surface area contributed by atoms with Gasteiger partial charge in [0.25, 0.3) is 5.91 Å². The zero-order valence-corrected chi connectivity index (χ0v) is 12.3. The van der Waals surface area contributed by atoms with Gasteiger partial charge in [-0.25, -0.2) is 0 Å². The first-order valence-electron chi connectivity index (χ1n) is 6.42. The van der Waals surface area contributed by atoms with Gasteiger partial charge in [0, 0.05) is 5.54 Å². The van der Waals surface area contributed by atoms with Crippen molar-refractivity contribution in [2.24, 2.45) is 0 Å². The van der Waals surface area contributed by atoms with Gasteiger partial charge in [-0.1, -0.05) is 6.07 Å². The van der Waals surface area contributed by atoms with E-state index in [0.29, 0.717) is 5.75 Å². The van der Waals surface area contributed by atoms with Crippen molar-refractivity contribution in [2.45, 2.75) is 39.7 Å². The van der Waals surface area contributed by atoms with Gasteiger partial charge in [0.05, 0.1) is 6.42 Å². The molecule has 0 spiro atoms. The van der Waals surface area contributed by atoms with Gasteiger partial charge in [-0.2, -0.15) is 0 Å². The highest BCUT2D eigenvalue weighted by atomic mass is 16.5. The van der Waals surface area contributed by atoms with Crippen LogP contribution in [0.3, 0.4) is 0 Å². The smallest absolute Gasteiger partial charge is 0.305 e. The number of rotatable bonds is 6. The lowest BCUT2D eigenvalue weighted by atomic mass is 10.0. The SMILES string of the molecule is Cc1cc(C)cc(OCC(=O)NC(C)(C)CC(=O)O)c1. The fraction of sp³-hybridized carbons (Fsp3) is 0.467. The largest absolute Gasteiger partial charge is 0.484 e. The summed E-state index contributed by atoms with van der Waals surface area (Å²) < 4.78 is 5.42. The summed E-state index contributed by atoms with van der Waals surface area (Å²) in [7, 11) is 0. The van der Waals surface area contributed by atoms with Crippen LogP contribution in [0.25, 0.3) is 0 Å². The van der Waals surface area contributed by atoms with Crippen LogP contribution in [0.15, 0.2) is 18.2 Å². The minimum Gasteiger partial charge on any atom is -0.484 e. The number of carbonyl (C=O) groups is 2. The second-order valence-corrected chi connectivity index (χ2v) is 5.61. The molecule has 1 aromatic carbocycles. The lowest BCUT2D eigenvalue weighted by Gasteiger charge is -2.24. The molecule has 0 unspecified atom stereocenters. The van der Waals surface area contributed by atoms with Gasteiger partial charge in [0.1, 0.15) is 5.75 Å². The number of nitrogens with one attached hydrogen (secondary N) is 1. The third kappa shape index (κ3) is 5.73. The maximum Gasteiger partial charge on any atom is 0.305 e. The molecule has 2 N–H and O–H groups in total. The molecule has 0 heterocycles. The summed E-state index contributed by atoms with van der Waals surface area (Å²) in [5.41, 5.74) is 1.33. The third-order valence-electron chi connectivity index (χ3n) is 2.64. The number of amides is 1. The monoisotopic (exact) mass is 279 g/mol. The Morgan fingerprint density at radius 1 is 1.20 bits per heavy atom. The summed E-state index contributed by atoms with van der Waals surface area (Å²) >= 11 is 0. The molecule has 5 nitrogen and oxygen atoms in total. The number of hydrogen-bond donors (Lipinski definition) is 2. The van der Waals surface area contributed by atoms with Crippen LogP contribution in [0.4, 0.5) is 0 Å². The van der Waals surface area contributed by atoms with Crippen LogP contribution in [0, 0.1) is 13.8 Å². The Kier molecular flexibility index (Phi) is 5.13. The molecule has 0 aliphatic carbocycles. The van der Waals surface area contributed by atoms with E-state index >= 15 is 0 Å². The van der Waals surface area contributed by atoms with Crippen molar-refractivity contribution in [3.8, 4) is 5.75 Å². The van der Waals surface area contributed by atoms with Crippen LogP contribution in [-0.4, -0.2) is 29.1 Å². The van der Waals surface area contributed by atoms with Crippen LogP contribution in [0.5, 0.6) is 5.75 Å². The Hall–Kier alpha value is -2.04. The van der Waals surface area contributed by atoms with Gasteiger partial charge < -0.3 is 15.2 Å². The number of hydrogen-bond acceptors (Lipinski definition) is 3. The first kappa shape index (κ1) is 16.0. The van der Waals surface area contributed by atoms with E-state index < -0.39 is 11.5 Å². The van der Waals surface area contributed by atoms with Gasteiger partial charge in [-0.3, -0.25) is 9.59 Å². The predicted octanol–water partition coefficient (Wildman–Crippen LogP) is 2.05. The van der Waals surface area contributed by atoms with Crippen LogP contribution in [-0.2, 0) is 9.59 Å². The number of carboxylic acid groups (broad SMARTS) is 1. The zero-order valence-electron chi connectivity index (χ0n) is 12.3. The average molecular weight is 279 g/mol. The Morgan fingerprint density at radius 3 is 2.25 bits per heavy atom. The lowest BCUT2D eigenvalue weighted by molar-refractivity contribution is -0.138. The van der Waals surface area contributed by atoms with Crippen molar-refractivity contribution in [2.75, 3.05) is 6.61 Å². The Morgan fingerprint density at radius 2 is 1.75 bits per heavy atom. The van der Waals surface area contributed by atoms with E-state index in [0.717, 1.165) is 11.1 Å². The van der Waals surface area contributed by atoms with Crippen molar-refractivity contribution in [1.82, 2.24) is 5.32 Å². The molecule has 0 aromatic heterocycles. The van der Waals surface area contributed by atoms with E-state index in [1.54, 1.807) is 13.8 Å². The first-order chi connectivity index (χ1) is 9.18. The number of aryl methyl sites for hydroxylation is 2. The molecule has 0 bridgehead atoms. The van der Waals surface area contributed by atoms with E-state index in [1.807, 2.05) is 32.0 Å². The molecule has 0 atom stereocenters. The fourth-order valence-electron chi connectivity index (χ4n) is 2.00. The molecule has 1 amide bonds. The van der Waals surface area contributed by atoms with Gasteiger partial charge >= 0.3 is 5.97 Å². The number of carbonyl (C=O) groups excluding carboxylic acids is 1. The molecule has 0 fully saturated rings. The van der Waals surface area contributed by atoms with E-state index in [2.05, 4.69) is 5.32 Å². The summed E-state index contributed by atoms with van der Waals surface area (Å²) in [6.07, 6.45) is -0.137. The molecule has 0 aliphatic heterocycles. The molecule has 5 heteroatoms. The molecule has 1 aromatic rings. The summed E-state index contributed by atoms with van der Waals surface area (Å²) in [6, 6.07) is 5.72. The highest BCUT2D eigenvalue weighted by molar-refractivity contribution is 5.79. The summed E-state index contributed by atoms with van der Waals surface area (Å²) in [5.74, 6) is -0.658. The molecule has 0 saturated heterocycles. The van der Waals surface area contributed by atoms with E-state index in [1.165, 1.54) is 0 Å². The highest BCUT2D eigenvalue weighted by Gasteiger charge is 2.23. The minimum absolute atomic E-state index is 0.133. The van der Waals surface area contributed by atoms with Crippen LogP contribution >= 0.6 is 0 Å². The lowest BCUT2D eigenvalue weighted by Crippen LogP contribution is -2.46. The number of carboxylic acids is 1. The van der Waals surface area contributed by atoms with Crippen LogP contribution in [0.1, 0.15) is 31.4 Å². The summed E-state index contributed by atoms with van der Waals surface area (Å²) in [6.45, 7) is 7.10. The second-order valence-electron chi connectivity index (χ2n) is 5.61. The first-order valence-corrected chi connectivity index (χ1v) is 6.42. The van der Waals surface area contributed by atoms with E-state index in [4.69, 9.17) is 9.84 Å². The van der Waals surface area contributed by atoms with E-state index in [-0.39, 0.29) is 18.9 Å². The van der Waals surface area contributed by atoms with Gasteiger partial charge in [0.15, 0.2) is 6.61 Å². The highest BCUT2D eigenvalue weighted by Crippen LogP contribution is 2.16. The fourth-order valence-corrected chi connectivity index (χ4v) is 2.00. The zero-order chi connectivity index (χ0) is 15.3. The van der Waals surface area contributed by atoms with Crippen molar-refractivity contribution in [1.29, 1.82) is 0 Å². The number of benzene rings is 1. The molecular formula is C15H21NO4. The number of ether oxygens (including phenoxy) is 1. The number of aliphatic carboxylic acids is 1. The third-order valence-corrected chi connectivity index (χ3v) is 2.64. The summed E-state index contributed by atoms with van der Waals surface area (Å²) in [4.78, 5) is 22.4. The average Bonchev–Trinajstić information content (AvgIpc) is 2.22. The molecule has 1 rings (SSSR count). The van der Waals surface area contributed by atoms with Crippen LogP contribution < -0.4 is 10.1 Å². The molecule has 0 radical (unpaired) electrons. The summed E-state index contributed by atoms with van der Waals surface area (Å²) in [5, 5.41) is 11.4. The molecule has 20 heavy (non-hydrogen) atoms.